The first kappa shape index (κ1) is 20.8. The van der Waals surface area contributed by atoms with Crippen molar-refractivity contribution in [3.05, 3.63) is 36.5 Å². The van der Waals surface area contributed by atoms with Crippen molar-refractivity contribution in [2.24, 2.45) is 0 Å². The lowest BCUT2D eigenvalue weighted by Crippen LogP contribution is -2.59. The van der Waals surface area contributed by atoms with Gasteiger partial charge in [-0.1, -0.05) is 0 Å². The van der Waals surface area contributed by atoms with Gasteiger partial charge in [0.05, 0.1) is 6.07 Å². The maximum atomic E-state index is 11.4. The second-order valence-electron chi connectivity index (χ2n) is 9.18. The van der Waals surface area contributed by atoms with Gasteiger partial charge < -0.3 is 28.4 Å². The van der Waals surface area contributed by atoms with E-state index >= 15 is 0 Å². The Morgan fingerprint density at radius 3 is 2.48 bits per heavy atom. The number of benzene rings is 1. The summed E-state index contributed by atoms with van der Waals surface area (Å²) in [5.41, 5.74) is 0.922. The molecule has 3 aliphatic rings. The Balaban J connectivity index is 1.47. The fourth-order valence-corrected chi connectivity index (χ4v) is 4.67. The predicted molar refractivity (Wildman–Crippen MR) is 108 cm³/mol. The molecule has 0 bridgehead atoms. The highest BCUT2D eigenvalue weighted by atomic mass is 16.9. The highest BCUT2D eigenvalue weighted by molar-refractivity contribution is 5.78. The molecule has 5 atom stereocenters. The van der Waals surface area contributed by atoms with Gasteiger partial charge in [0.2, 0.25) is 5.52 Å². The fraction of sp³-hybridized carbons (Fsp3) is 0.565. The van der Waals surface area contributed by atoms with Crippen LogP contribution in [0.25, 0.3) is 10.9 Å². The number of hydrogen-bond acceptors (Lipinski definition) is 7. The van der Waals surface area contributed by atoms with Crippen molar-refractivity contribution in [1.82, 2.24) is 0 Å². The molecule has 0 spiro atoms. The molecule has 1 aromatic heterocycles. The minimum Gasteiger partial charge on any atom is -0.426 e. The molecule has 8 nitrogen and oxygen atoms in total. The zero-order chi connectivity index (χ0) is 22.0. The van der Waals surface area contributed by atoms with Crippen LogP contribution in [0.4, 0.5) is 0 Å². The van der Waals surface area contributed by atoms with Crippen LogP contribution in [0.3, 0.4) is 0 Å². The molecule has 0 radical (unpaired) electrons. The number of hydrogen-bond donors (Lipinski definition) is 0. The lowest BCUT2D eigenvalue weighted by Gasteiger charge is -2.35. The summed E-state index contributed by atoms with van der Waals surface area (Å²) in [5.74, 6) is -1.35. The fourth-order valence-electron chi connectivity index (χ4n) is 4.67. The molecular weight excluding hydrogens is 402 g/mol. The zero-order valence-corrected chi connectivity index (χ0v) is 18.4. The van der Waals surface area contributed by atoms with Gasteiger partial charge >= 0.3 is 5.97 Å². The van der Waals surface area contributed by atoms with Crippen molar-refractivity contribution in [2.75, 3.05) is 0 Å². The van der Waals surface area contributed by atoms with E-state index in [4.69, 9.17) is 28.4 Å². The minimum absolute atomic E-state index is 0.298. The van der Waals surface area contributed by atoms with Gasteiger partial charge in [0.1, 0.15) is 30.2 Å². The minimum atomic E-state index is -0.754. The summed E-state index contributed by atoms with van der Waals surface area (Å²) in [6.45, 7) is 9.43. The second-order valence-corrected chi connectivity index (χ2v) is 9.18. The number of pyridine rings is 1. The first-order chi connectivity index (χ1) is 14.6. The quantitative estimate of drug-likeness (QED) is 0.421. The highest BCUT2D eigenvalue weighted by Gasteiger charge is 2.61. The Morgan fingerprint density at radius 1 is 1.00 bits per heavy atom. The maximum absolute atomic E-state index is 11.4. The van der Waals surface area contributed by atoms with Crippen LogP contribution < -0.4 is 9.30 Å². The van der Waals surface area contributed by atoms with Gasteiger partial charge in [-0.3, -0.25) is 4.79 Å². The summed E-state index contributed by atoms with van der Waals surface area (Å²) in [6.07, 6.45) is 0.151. The number of fused-ring (bicyclic) bond motifs is 4. The van der Waals surface area contributed by atoms with Crippen molar-refractivity contribution in [3.63, 3.8) is 0 Å². The van der Waals surface area contributed by atoms with E-state index in [0.29, 0.717) is 12.3 Å². The number of esters is 1. The average molecular weight is 430 g/mol. The van der Waals surface area contributed by atoms with E-state index in [1.807, 2.05) is 58.2 Å². The number of rotatable bonds is 3. The van der Waals surface area contributed by atoms with Crippen molar-refractivity contribution in [2.45, 2.75) is 83.4 Å². The van der Waals surface area contributed by atoms with E-state index in [1.165, 1.54) is 6.92 Å². The van der Waals surface area contributed by atoms with Gasteiger partial charge in [-0.05, 0) is 45.9 Å². The Morgan fingerprint density at radius 2 is 1.71 bits per heavy atom. The molecule has 31 heavy (non-hydrogen) atoms. The van der Waals surface area contributed by atoms with Crippen LogP contribution in [-0.4, -0.2) is 48.2 Å². The van der Waals surface area contributed by atoms with Gasteiger partial charge in [-0.15, -0.1) is 0 Å². The first-order valence-corrected chi connectivity index (χ1v) is 10.6. The van der Waals surface area contributed by atoms with Crippen molar-refractivity contribution < 1.29 is 37.8 Å². The van der Waals surface area contributed by atoms with E-state index in [9.17, 15) is 4.79 Å². The largest absolute Gasteiger partial charge is 0.426 e. The molecule has 8 heteroatoms. The van der Waals surface area contributed by atoms with Gasteiger partial charge in [-0.2, -0.15) is 4.57 Å². The number of carbonyl (C=O) groups excluding carboxylic acids is 1. The summed E-state index contributed by atoms with van der Waals surface area (Å²) in [6, 6.07) is 9.56. The summed E-state index contributed by atoms with van der Waals surface area (Å²) in [4.78, 5) is 11.4. The van der Waals surface area contributed by atoms with Crippen molar-refractivity contribution in [3.8, 4) is 5.75 Å². The van der Waals surface area contributed by atoms with Crippen LogP contribution in [0.2, 0.25) is 0 Å². The SMILES string of the molecule is CC(=O)Oc1ccc2ccc[n+](C[C@H]3O[C@@H]4OC(C)(C)O[C@@H]4[C@H]4OC(C)(C)O[C@H]43)c2c1. The molecule has 3 saturated heterocycles. The smallest absolute Gasteiger partial charge is 0.308 e. The van der Waals surface area contributed by atoms with Gasteiger partial charge in [0, 0.05) is 18.4 Å². The molecule has 0 N–H and O–H groups in total. The Labute approximate surface area is 180 Å². The highest BCUT2D eigenvalue weighted by Crippen LogP contribution is 2.44. The number of nitrogens with zero attached hydrogens (tertiary/aromatic N) is 1. The summed E-state index contributed by atoms with van der Waals surface area (Å²) >= 11 is 0. The first-order valence-electron chi connectivity index (χ1n) is 10.6. The molecule has 3 aliphatic heterocycles. The summed E-state index contributed by atoms with van der Waals surface area (Å²) in [5, 5.41) is 1.02. The molecule has 166 valence electrons. The van der Waals surface area contributed by atoms with Gasteiger partial charge in [0.15, 0.2) is 30.6 Å². The van der Waals surface area contributed by atoms with Gasteiger partial charge in [-0.25, -0.2) is 0 Å². The lowest BCUT2D eigenvalue weighted by molar-refractivity contribution is -0.682. The van der Waals surface area contributed by atoms with Crippen LogP contribution in [0.5, 0.6) is 5.75 Å². The van der Waals surface area contributed by atoms with Crippen LogP contribution in [-0.2, 0) is 35.0 Å². The normalized spacial score (nSPS) is 33.1. The van der Waals surface area contributed by atoms with Crippen LogP contribution in [0.15, 0.2) is 36.5 Å². The lowest BCUT2D eigenvalue weighted by atomic mass is 9.98. The molecule has 3 fully saturated rings. The van der Waals surface area contributed by atoms with E-state index < -0.39 is 17.9 Å². The molecule has 1 aromatic carbocycles. The number of aromatic nitrogens is 1. The molecule has 4 heterocycles. The molecule has 0 saturated carbocycles. The van der Waals surface area contributed by atoms with E-state index in [-0.39, 0.29) is 30.4 Å². The third kappa shape index (κ3) is 3.94. The van der Waals surface area contributed by atoms with E-state index in [2.05, 4.69) is 4.57 Å². The topological polar surface area (TPSA) is 76.3 Å². The molecule has 2 aromatic rings. The average Bonchev–Trinajstić information content (AvgIpc) is 3.16. The maximum Gasteiger partial charge on any atom is 0.308 e. The third-order valence-corrected chi connectivity index (χ3v) is 5.74. The van der Waals surface area contributed by atoms with Crippen LogP contribution in [0.1, 0.15) is 34.6 Å². The van der Waals surface area contributed by atoms with Crippen LogP contribution in [0, 0.1) is 0 Å². The molecular formula is C23H28NO7+. The Kier molecular flexibility index (Phi) is 4.84. The Bertz CT molecular complexity index is 1020. The standard InChI is InChI=1S/C23H28NO7/c1-13(25)26-15-9-8-14-7-6-10-24(16(14)11-15)12-17-18-19(29-22(2,3)28-18)20-21(27-17)31-23(4,5)30-20/h6-11,17-21H,12H2,1-5H3/q+1/t17-,18+,19+,20-,21-/m1/s1. The summed E-state index contributed by atoms with van der Waals surface area (Å²) in [7, 11) is 0. The van der Waals surface area contributed by atoms with E-state index in [1.54, 1.807) is 6.07 Å². The van der Waals surface area contributed by atoms with Crippen molar-refractivity contribution in [1.29, 1.82) is 0 Å². The number of carbonyl (C=O) groups is 1. The zero-order valence-electron chi connectivity index (χ0n) is 18.4. The monoisotopic (exact) mass is 430 g/mol. The van der Waals surface area contributed by atoms with Crippen LogP contribution >= 0.6 is 0 Å². The molecule has 0 unspecified atom stereocenters. The Hall–Kier alpha value is -2.10. The second kappa shape index (κ2) is 7.21. The number of ether oxygens (including phenoxy) is 6. The molecule has 0 aliphatic carbocycles. The van der Waals surface area contributed by atoms with E-state index in [0.717, 1.165) is 10.9 Å². The van der Waals surface area contributed by atoms with Gasteiger partial charge in [0.25, 0.3) is 0 Å². The predicted octanol–water partition coefficient (Wildman–Crippen LogP) is 2.45. The third-order valence-electron chi connectivity index (χ3n) is 5.74. The summed E-state index contributed by atoms with van der Waals surface area (Å²) < 4.78 is 38.2. The van der Waals surface area contributed by atoms with Crippen molar-refractivity contribution >= 4 is 16.9 Å². The molecule has 0 amide bonds. The molecule has 5 rings (SSSR count).